The van der Waals surface area contributed by atoms with Crippen molar-refractivity contribution in [2.45, 2.75) is 25.8 Å². The van der Waals surface area contributed by atoms with Crippen LogP contribution >= 0.6 is 0 Å². The van der Waals surface area contributed by atoms with E-state index in [-0.39, 0.29) is 34.2 Å². The van der Waals surface area contributed by atoms with Crippen LogP contribution in [0.15, 0.2) is 39.8 Å². The van der Waals surface area contributed by atoms with Crippen molar-refractivity contribution in [1.29, 1.82) is 0 Å². The lowest BCUT2D eigenvalue weighted by Crippen LogP contribution is -2.46. The number of nitrogens with one attached hydrogen (secondary N) is 2. The summed E-state index contributed by atoms with van der Waals surface area (Å²) in [7, 11) is 0. The van der Waals surface area contributed by atoms with E-state index in [0.29, 0.717) is 31.7 Å². The minimum Gasteiger partial charge on any atom is -0.442 e. The SMILES string of the molecule is Cc1oc2nc[nH]c(=O)c2c1C(=O)NC1CCN(C(=O)c2ccccc2F)CC1. The molecule has 0 atom stereocenters. The molecular weight excluding hydrogens is 379 g/mol. The van der Waals surface area contributed by atoms with E-state index in [1.54, 1.807) is 17.9 Å². The van der Waals surface area contributed by atoms with Gasteiger partial charge in [0.15, 0.2) is 0 Å². The summed E-state index contributed by atoms with van der Waals surface area (Å²) < 4.78 is 19.3. The summed E-state index contributed by atoms with van der Waals surface area (Å²) in [5, 5.41) is 3.02. The molecule has 0 aliphatic carbocycles. The number of carbonyl (C=O) groups is 2. The number of carbonyl (C=O) groups excluding carboxylic acids is 2. The smallest absolute Gasteiger partial charge is 0.262 e. The van der Waals surface area contributed by atoms with Crippen LogP contribution < -0.4 is 10.9 Å². The van der Waals surface area contributed by atoms with Crippen LogP contribution in [-0.4, -0.2) is 45.8 Å². The molecule has 3 aromatic rings. The highest BCUT2D eigenvalue weighted by Gasteiger charge is 2.28. The number of hydrogen-bond donors (Lipinski definition) is 2. The van der Waals surface area contributed by atoms with Gasteiger partial charge in [0.1, 0.15) is 17.0 Å². The van der Waals surface area contributed by atoms with Gasteiger partial charge < -0.3 is 19.6 Å². The highest BCUT2D eigenvalue weighted by Crippen LogP contribution is 2.22. The lowest BCUT2D eigenvalue weighted by atomic mass is 10.0. The first-order valence-electron chi connectivity index (χ1n) is 9.27. The van der Waals surface area contributed by atoms with Crippen molar-refractivity contribution in [3.63, 3.8) is 0 Å². The molecule has 3 heterocycles. The van der Waals surface area contributed by atoms with Crippen molar-refractivity contribution in [1.82, 2.24) is 20.2 Å². The Morgan fingerprint density at radius 3 is 2.72 bits per heavy atom. The molecule has 2 amide bonds. The molecule has 1 aliphatic rings. The number of halogens is 1. The van der Waals surface area contributed by atoms with Crippen LogP contribution in [0.2, 0.25) is 0 Å². The van der Waals surface area contributed by atoms with Gasteiger partial charge in [-0.1, -0.05) is 12.1 Å². The Balaban J connectivity index is 1.44. The van der Waals surface area contributed by atoms with Crippen molar-refractivity contribution in [3.8, 4) is 0 Å². The maximum absolute atomic E-state index is 13.9. The molecule has 0 radical (unpaired) electrons. The molecule has 4 rings (SSSR count). The first kappa shape index (κ1) is 18.9. The largest absolute Gasteiger partial charge is 0.442 e. The van der Waals surface area contributed by atoms with E-state index in [1.165, 1.54) is 24.5 Å². The van der Waals surface area contributed by atoms with Crippen LogP contribution in [0.3, 0.4) is 0 Å². The minimum atomic E-state index is -0.547. The van der Waals surface area contributed by atoms with E-state index in [9.17, 15) is 18.8 Å². The molecule has 0 saturated carbocycles. The van der Waals surface area contributed by atoms with Gasteiger partial charge in [-0.25, -0.2) is 9.37 Å². The number of H-pyrrole nitrogens is 1. The quantitative estimate of drug-likeness (QED) is 0.702. The molecule has 29 heavy (non-hydrogen) atoms. The predicted octanol–water partition coefficient (Wildman–Crippen LogP) is 2.00. The Morgan fingerprint density at radius 2 is 2.00 bits per heavy atom. The lowest BCUT2D eigenvalue weighted by molar-refractivity contribution is 0.0693. The Labute approximate surface area is 164 Å². The first-order chi connectivity index (χ1) is 14.0. The molecule has 8 nitrogen and oxygen atoms in total. The molecule has 0 spiro atoms. The fourth-order valence-electron chi connectivity index (χ4n) is 3.62. The molecule has 1 fully saturated rings. The van der Waals surface area contributed by atoms with Gasteiger partial charge in [0.05, 0.1) is 17.5 Å². The number of fused-ring (bicyclic) bond motifs is 1. The summed E-state index contributed by atoms with van der Waals surface area (Å²) in [5.41, 5.74) is -0.120. The summed E-state index contributed by atoms with van der Waals surface area (Å²) in [6, 6.07) is 5.71. The fourth-order valence-corrected chi connectivity index (χ4v) is 3.62. The summed E-state index contributed by atoms with van der Waals surface area (Å²) in [6.07, 6.45) is 2.27. The topological polar surface area (TPSA) is 108 Å². The number of nitrogens with zero attached hydrogens (tertiary/aromatic N) is 2. The number of aromatic amines is 1. The van der Waals surface area contributed by atoms with Crippen LogP contribution in [0.4, 0.5) is 4.39 Å². The Hall–Kier alpha value is -3.49. The molecule has 2 N–H and O–H groups in total. The van der Waals surface area contributed by atoms with E-state index < -0.39 is 17.3 Å². The zero-order valence-electron chi connectivity index (χ0n) is 15.7. The van der Waals surface area contributed by atoms with Crippen molar-refractivity contribution < 1.29 is 18.4 Å². The van der Waals surface area contributed by atoms with E-state index in [4.69, 9.17) is 4.42 Å². The molecule has 1 aromatic carbocycles. The Morgan fingerprint density at radius 1 is 1.28 bits per heavy atom. The number of piperidine rings is 1. The van der Waals surface area contributed by atoms with E-state index in [0.717, 1.165) is 0 Å². The van der Waals surface area contributed by atoms with Gasteiger partial charge in [0.25, 0.3) is 17.4 Å². The maximum Gasteiger partial charge on any atom is 0.262 e. The standard InChI is InChI=1S/C20H19FN4O4/c1-11-15(16-17(26)22-10-23-19(16)29-11)18(27)24-12-6-8-25(9-7-12)20(28)13-4-2-3-5-14(13)21/h2-5,10,12H,6-9H2,1H3,(H,24,27)(H,22,23,26). The Kier molecular flexibility index (Phi) is 4.87. The third kappa shape index (κ3) is 3.51. The van der Waals surface area contributed by atoms with Gasteiger partial charge in [0, 0.05) is 19.1 Å². The second kappa shape index (κ2) is 7.50. The highest BCUT2D eigenvalue weighted by atomic mass is 19.1. The molecular formula is C20H19FN4O4. The minimum absolute atomic E-state index is 0.0437. The molecule has 0 unspecified atom stereocenters. The summed E-state index contributed by atoms with van der Waals surface area (Å²) >= 11 is 0. The predicted molar refractivity (Wildman–Crippen MR) is 102 cm³/mol. The third-order valence-electron chi connectivity index (χ3n) is 5.12. The van der Waals surface area contributed by atoms with E-state index in [2.05, 4.69) is 15.3 Å². The van der Waals surface area contributed by atoms with Crippen molar-refractivity contribution in [2.75, 3.05) is 13.1 Å². The van der Waals surface area contributed by atoms with E-state index >= 15 is 0 Å². The summed E-state index contributed by atoms with van der Waals surface area (Å²) in [6.45, 7) is 2.39. The molecule has 1 aliphatic heterocycles. The second-order valence-electron chi connectivity index (χ2n) is 6.96. The summed E-state index contributed by atoms with van der Waals surface area (Å²) in [5.74, 6) is -1.01. The van der Waals surface area contributed by atoms with Gasteiger partial charge in [-0.2, -0.15) is 0 Å². The molecule has 1 saturated heterocycles. The van der Waals surface area contributed by atoms with Crippen LogP contribution in [0.1, 0.15) is 39.3 Å². The first-order valence-corrected chi connectivity index (χ1v) is 9.27. The van der Waals surface area contributed by atoms with Crippen molar-refractivity contribution >= 4 is 22.9 Å². The second-order valence-corrected chi connectivity index (χ2v) is 6.96. The zero-order valence-corrected chi connectivity index (χ0v) is 15.7. The number of benzene rings is 1. The van der Waals surface area contributed by atoms with Crippen molar-refractivity contribution in [3.05, 3.63) is 63.7 Å². The number of aryl methyl sites for hydroxylation is 1. The molecule has 2 aromatic heterocycles. The highest BCUT2D eigenvalue weighted by molar-refractivity contribution is 6.06. The fraction of sp³-hybridized carbons (Fsp3) is 0.300. The normalized spacial score (nSPS) is 14.9. The van der Waals surface area contributed by atoms with Crippen molar-refractivity contribution in [2.24, 2.45) is 0 Å². The van der Waals surface area contributed by atoms with Gasteiger partial charge >= 0.3 is 0 Å². The van der Waals surface area contributed by atoms with Crippen LogP contribution in [-0.2, 0) is 0 Å². The van der Waals surface area contributed by atoms with Crippen LogP contribution in [0.5, 0.6) is 0 Å². The van der Waals surface area contributed by atoms with Crippen LogP contribution in [0.25, 0.3) is 11.1 Å². The monoisotopic (exact) mass is 398 g/mol. The average Bonchev–Trinajstić information content (AvgIpc) is 3.06. The molecule has 9 heteroatoms. The maximum atomic E-state index is 13.9. The van der Waals surface area contributed by atoms with Gasteiger partial charge in [-0.05, 0) is 31.9 Å². The number of hydrogen-bond acceptors (Lipinski definition) is 5. The zero-order chi connectivity index (χ0) is 20.5. The van der Waals surface area contributed by atoms with Gasteiger partial charge in [0.2, 0.25) is 5.71 Å². The van der Waals surface area contributed by atoms with Crippen LogP contribution in [0, 0.1) is 12.7 Å². The Bertz CT molecular complexity index is 1140. The number of furan rings is 1. The number of likely N-dealkylation sites (tertiary alicyclic amines) is 1. The van der Waals surface area contributed by atoms with Gasteiger partial charge in [-0.15, -0.1) is 0 Å². The lowest BCUT2D eigenvalue weighted by Gasteiger charge is -2.32. The molecule has 0 bridgehead atoms. The molecule has 150 valence electrons. The summed E-state index contributed by atoms with van der Waals surface area (Å²) in [4.78, 5) is 45.3. The average molecular weight is 398 g/mol. The third-order valence-corrected chi connectivity index (χ3v) is 5.12. The number of rotatable bonds is 3. The van der Waals surface area contributed by atoms with E-state index in [1.807, 2.05) is 0 Å². The van der Waals surface area contributed by atoms with Gasteiger partial charge in [-0.3, -0.25) is 14.4 Å². The number of amides is 2. The number of aromatic nitrogens is 2.